The van der Waals surface area contributed by atoms with E-state index in [1.54, 1.807) is 0 Å². The van der Waals surface area contributed by atoms with E-state index in [9.17, 15) is 5.11 Å². The number of rotatable bonds is 12. The third kappa shape index (κ3) is 8.00. The molecule has 0 amide bonds. The van der Waals surface area contributed by atoms with Gasteiger partial charge in [0.2, 0.25) is 0 Å². The van der Waals surface area contributed by atoms with Crippen LogP contribution in [0.25, 0.3) is 0 Å². The summed E-state index contributed by atoms with van der Waals surface area (Å²) in [6, 6.07) is 0. The SMILES string of the molecule is CC(O)CC(C)(C)C(C)(C)OCCC(C)(C)C(C)(C)OCC(C)C(C)(C)N. The number of nitrogens with two attached hydrogens (primary N) is 1. The van der Waals surface area contributed by atoms with E-state index in [1.165, 1.54) is 0 Å². The predicted octanol–water partition coefficient (Wildman–Crippen LogP) is 5.16. The summed E-state index contributed by atoms with van der Waals surface area (Å²) >= 11 is 0. The molecular weight excluding hydrogens is 338 g/mol. The van der Waals surface area contributed by atoms with Gasteiger partial charge in [0.1, 0.15) is 0 Å². The molecule has 0 aliphatic carbocycles. The Hall–Kier alpha value is -0.160. The lowest BCUT2D eigenvalue weighted by Gasteiger charge is -2.45. The molecule has 0 aromatic heterocycles. The van der Waals surface area contributed by atoms with E-state index >= 15 is 0 Å². The summed E-state index contributed by atoms with van der Waals surface area (Å²) in [5.41, 5.74) is 5.20. The Morgan fingerprint density at radius 3 is 1.63 bits per heavy atom. The van der Waals surface area contributed by atoms with Crippen LogP contribution in [-0.4, -0.2) is 41.2 Å². The van der Waals surface area contributed by atoms with Gasteiger partial charge in [-0.3, -0.25) is 0 Å². The van der Waals surface area contributed by atoms with Gasteiger partial charge in [-0.1, -0.05) is 34.6 Å². The summed E-state index contributed by atoms with van der Waals surface area (Å²) in [4.78, 5) is 0. The Bertz CT molecular complexity index is 445. The van der Waals surface area contributed by atoms with E-state index in [0.29, 0.717) is 19.6 Å². The minimum Gasteiger partial charge on any atom is -0.393 e. The first kappa shape index (κ1) is 26.8. The van der Waals surface area contributed by atoms with E-state index in [-0.39, 0.29) is 39.6 Å². The van der Waals surface area contributed by atoms with Crippen molar-refractivity contribution in [2.45, 2.75) is 119 Å². The highest BCUT2D eigenvalue weighted by molar-refractivity contribution is 4.91. The van der Waals surface area contributed by atoms with Gasteiger partial charge in [0, 0.05) is 12.1 Å². The van der Waals surface area contributed by atoms with Crippen LogP contribution in [0.5, 0.6) is 0 Å². The highest BCUT2D eigenvalue weighted by atomic mass is 16.5. The number of hydrogen-bond acceptors (Lipinski definition) is 4. The molecule has 0 aromatic carbocycles. The third-order valence-corrected chi connectivity index (χ3v) is 7.22. The van der Waals surface area contributed by atoms with Gasteiger partial charge in [0.05, 0.1) is 23.9 Å². The maximum Gasteiger partial charge on any atom is 0.0678 e. The van der Waals surface area contributed by atoms with Gasteiger partial charge in [-0.2, -0.15) is 0 Å². The lowest BCUT2D eigenvalue weighted by Crippen LogP contribution is -2.48. The fourth-order valence-corrected chi connectivity index (χ4v) is 2.79. The Labute approximate surface area is 169 Å². The summed E-state index contributed by atoms with van der Waals surface area (Å²) in [5.74, 6) is 0.282. The lowest BCUT2D eigenvalue weighted by atomic mass is 9.72. The number of ether oxygens (including phenoxy) is 2. The number of aliphatic hydroxyl groups is 1. The van der Waals surface area contributed by atoms with Crippen molar-refractivity contribution in [2.24, 2.45) is 22.5 Å². The summed E-state index contributed by atoms with van der Waals surface area (Å²) in [5, 5.41) is 9.79. The molecular formula is C23H49NO3. The van der Waals surface area contributed by atoms with Gasteiger partial charge in [-0.15, -0.1) is 0 Å². The fourth-order valence-electron chi connectivity index (χ4n) is 2.79. The monoisotopic (exact) mass is 387 g/mol. The van der Waals surface area contributed by atoms with Crippen LogP contribution in [0.15, 0.2) is 0 Å². The van der Waals surface area contributed by atoms with Crippen LogP contribution in [0.1, 0.15) is 95.9 Å². The summed E-state index contributed by atoms with van der Waals surface area (Å²) < 4.78 is 12.6. The maximum absolute atomic E-state index is 9.79. The van der Waals surface area contributed by atoms with Crippen molar-refractivity contribution in [3.05, 3.63) is 0 Å². The van der Waals surface area contributed by atoms with Gasteiger partial charge in [-0.25, -0.2) is 0 Å². The van der Waals surface area contributed by atoms with E-state index in [4.69, 9.17) is 15.2 Å². The molecule has 4 nitrogen and oxygen atoms in total. The van der Waals surface area contributed by atoms with Crippen LogP contribution in [0, 0.1) is 16.7 Å². The second-order valence-electron chi connectivity index (χ2n) is 11.5. The van der Waals surface area contributed by atoms with E-state index in [2.05, 4.69) is 62.3 Å². The van der Waals surface area contributed by atoms with Crippen molar-refractivity contribution in [1.29, 1.82) is 0 Å². The molecule has 27 heavy (non-hydrogen) atoms. The average molecular weight is 388 g/mol. The Balaban J connectivity index is 4.82. The average Bonchev–Trinajstić information content (AvgIpc) is 2.41. The molecule has 0 heterocycles. The summed E-state index contributed by atoms with van der Waals surface area (Å²) in [6.45, 7) is 26.7. The van der Waals surface area contributed by atoms with Crippen LogP contribution in [0.2, 0.25) is 0 Å². The second kappa shape index (κ2) is 9.11. The van der Waals surface area contributed by atoms with Crippen LogP contribution < -0.4 is 5.73 Å². The number of hydrogen-bond donors (Lipinski definition) is 2. The largest absolute Gasteiger partial charge is 0.393 e. The first-order valence-corrected chi connectivity index (χ1v) is 10.5. The molecule has 2 unspecified atom stereocenters. The highest BCUT2D eigenvalue weighted by Gasteiger charge is 2.41. The molecule has 0 saturated heterocycles. The molecule has 0 saturated carbocycles. The topological polar surface area (TPSA) is 64.7 Å². The quantitative estimate of drug-likeness (QED) is 0.485. The first-order chi connectivity index (χ1) is 11.8. The Kier molecular flexibility index (Phi) is 9.05. The number of aliphatic hydroxyl groups excluding tert-OH is 1. The minimum atomic E-state index is -0.333. The molecule has 0 rings (SSSR count). The minimum absolute atomic E-state index is 0.0457. The van der Waals surface area contributed by atoms with Gasteiger partial charge in [0.25, 0.3) is 0 Å². The molecule has 3 N–H and O–H groups in total. The molecule has 0 radical (unpaired) electrons. The molecule has 0 fully saturated rings. The van der Waals surface area contributed by atoms with Gasteiger partial charge in [0.15, 0.2) is 0 Å². The molecule has 0 aliphatic heterocycles. The van der Waals surface area contributed by atoms with Gasteiger partial charge < -0.3 is 20.3 Å². The van der Waals surface area contributed by atoms with Crippen LogP contribution in [0.4, 0.5) is 0 Å². The van der Waals surface area contributed by atoms with Crippen LogP contribution in [0.3, 0.4) is 0 Å². The first-order valence-electron chi connectivity index (χ1n) is 10.5. The smallest absolute Gasteiger partial charge is 0.0678 e. The zero-order chi connectivity index (χ0) is 21.9. The fraction of sp³-hybridized carbons (Fsp3) is 1.00. The standard InChI is InChI=1S/C23H49NO3/c1-17(21(7,8)24)16-27-22(9,10)19(3,4)13-14-26-23(11,12)20(5,6)15-18(2)25/h17-18,25H,13-16,24H2,1-12H3. The molecule has 0 spiro atoms. The van der Waals surface area contributed by atoms with Gasteiger partial charge >= 0.3 is 0 Å². The van der Waals surface area contributed by atoms with Crippen molar-refractivity contribution in [3.63, 3.8) is 0 Å². The molecule has 4 heteroatoms. The molecule has 0 aliphatic rings. The van der Waals surface area contributed by atoms with Crippen LogP contribution in [-0.2, 0) is 9.47 Å². The zero-order valence-electron chi connectivity index (χ0n) is 20.3. The van der Waals surface area contributed by atoms with Crippen molar-refractivity contribution in [1.82, 2.24) is 0 Å². The third-order valence-electron chi connectivity index (χ3n) is 7.22. The molecule has 164 valence electrons. The summed E-state index contributed by atoms with van der Waals surface area (Å²) in [6.07, 6.45) is 1.28. The molecule has 2 atom stereocenters. The lowest BCUT2D eigenvalue weighted by molar-refractivity contribution is -0.145. The van der Waals surface area contributed by atoms with Crippen molar-refractivity contribution >= 4 is 0 Å². The van der Waals surface area contributed by atoms with Crippen molar-refractivity contribution < 1.29 is 14.6 Å². The second-order valence-corrected chi connectivity index (χ2v) is 11.5. The van der Waals surface area contributed by atoms with Crippen molar-refractivity contribution in [3.8, 4) is 0 Å². The van der Waals surface area contributed by atoms with Gasteiger partial charge in [-0.05, 0) is 78.1 Å². The predicted molar refractivity (Wildman–Crippen MR) is 116 cm³/mol. The van der Waals surface area contributed by atoms with E-state index in [1.807, 2.05) is 20.8 Å². The maximum atomic E-state index is 9.79. The Morgan fingerprint density at radius 2 is 1.22 bits per heavy atom. The molecule has 0 bridgehead atoms. The van der Waals surface area contributed by atoms with Crippen molar-refractivity contribution in [2.75, 3.05) is 13.2 Å². The highest BCUT2D eigenvalue weighted by Crippen LogP contribution is 2.41. The van der Waals surface area contributed by atoms with Crippen LogP contribution >= 0.6 is 0 Å². The zero-order valence-corrected chi connectivity index (χ0v) is 20.3. The summed E-state index contributed by atoms with van der Waals surface area (Å²) in [7, 11) is 0. The normalized spacial score (nSPS) is 17.1. The molecule has 0 aromatic rings. The van der Waals surface area contributed by atoms with E-state index in [0.717, 1.165) is 6.42 Å². The Morgan fingerprint density at radius 1 is 0.778 bits per heavy atom. The van der Waals surface area contributed by atoms with E-state index < -0.39 is 0 Å².